The summed E-state index contributed by atoms with van der Waals surface area (Å²) in [7, 11) is 0. The fourth-order valence-corrected chi connectivity index (χ4v) is 3.94. The Morgan fingerprint density at radius 2 is 2.11 bits per heavy atom. The lowest BCUT2D eigenvalue weighted by Gasteiger charge is -2.26. The maximum Gasteiger partial charge on any atom is 0.183 e. The molecule has 1 heterocycles. The quantitative estimate of drug-likeness (QED) is 0.821. The molecule has 4 heteroatoms. The molecule has 19 heavy (non-hydrogen) atoms. The van der Waals surface area contributed by atoms with E-state index in [1.165, 1.54) is 30.4 Å². The number of halogens is 1. The second-order valence-corrected chi connectivity index (χ2v) is 7.58. The van der Waals surface area contributed by atoms with Crippen LogP contribution in [0.2, 0.25) is 0 Å². The van der Waals surface area contributed by atoms with E-state index in [4.69, 9.17) is 0 Å². The van der Waals surface area contributed by atoms with Crippen molar-refractivity contribution in [2.45, 2.75) is 32.6 Å². The van der Waals surface area contributed by atoms with Crippen molar-refractivity contribution in [2.75, 3.05) is 11.9 Å². The van der Waals surface area contributed by atoms with Crippen LogP contribution in [0.3, 0.4) is 0 Å². The minimum absolute atomic E-state index is 0.829. The Kier molecular flexibility index (Phi) is 4.08. The Balaban J connectivity index is 1.62. The van der Waals surface area contributed by atoms with E-state index in [0.29, 0.717) is 0 Å². The van der Waals surface area contributed by atoms with Gasteiger partial charge in [-0.15, -0.1) is 0 Å². The molecule has 2 aromatic rings. The second kappa shape index (κ2) is 5.80. The maximum atomic E-state index is 4.65. The summed E-state index contributed by atoms with van der Waals surface area (Å²) in [6.45, 7) is 3.45. The van der Waals surface area contributed by atoms with Crippen molar-refractivity contribution in [1.29, 1.82) is 0 Å². The third-order valence-corrected chi connectivity index (χ3v) is 5.51. The molecule has 1 aromatic carbocycles. The van der Waals surface area contributed by atoms with Crippen LogP contribution in [0.15, 0.2) is 22.7 Å². The van der Waals surface area contributed by atoms with Gasteiger partial charge in [-0.1, -0.05) is 47.0 Å². The van der Waals surface area contributed by atoms with Gasteiger partial charge in [0, 0.05) is 11.0 Å². The molecule has 0 bridgehead atoms. The summed E-state index contributed by atoms with van der Waals surface area (Å²) >= 11 is 5.25. The average molecular weight is 339 g/mol. The van der Waals surface area contributed by atoms with Crippen LogP contribution >= 0.6 is 27.3 Å². The number of hydrogen-bond donors (Lipinski definition) is 1. The first-order chi connectivity index (χ1) is 9.20. The standard InChI is InChI=1S/C15H19BrN2S/c1-10-2-4-11(5-3-10)9-17-15-18-13-8-12(16)6-7-14(13)19-15/h6-8,10-11H,2-5,9H2,1H3,(H,17,18). The number of anilines is 1. The zero-order valence-electron chi connectivity index (χ0n) is 11.2. The number of nitrogens with one attached hydrogen (secondary N) is 1. The van der Waals surface area contributed by atoms with Gasteiger partial charge in [0.15, 0.2) is 5.13 Å². The van der Waals surface area contributed by atoms with Gasteiger partial charge in [-0.3, -0.25) is 0 Å². The van der Waals surface area contributed by atoms with Gasteiger partial charge >= 0.3 is 0 Å². The van der Waals surface area contributed by atoms with Crippen molar-refractivity contribution in [2.24, 2.45) is 11.8 Å². The molecule has 0 unspecified atom stereocenters. The molecule has 0 amide bonds. The molecule has 1 aliphatic carbocycles. The van der Waals surface area contributed by atoms with Gasteiger partial charge in [0.25, 0.3) is 0 Å². The minimum atomic E-state index is 0.829. The molecule has 2 nitrogen and oxygen atoms in total. The highest BCUT2D eigenvalue weighted by atomic mass is 79.9. The first-order valence-corrected chi connectivity index (χ1v) is 8.61. The fourth-order valence-electron chi connectivity index (χ4n) is 2.74. The molecule has 0 radical (unpaired) electrons. The van der Waals surface area contributed by atoms with Crippen molar-refractivity contribution < 1.29 is 0 Å². The Bertz CT molecular complexity index is 558. The van der Waals surface area contributed by atoms with Crippen molar-refractivity contribution in [3.05, 3.63) is 22.7 Å². The van der Waals surface area contributed by atoms with Crippen LogP contribution in [0.4, 0.5) is 5.13 Å². The predicted molar refractivity (Wildman–Crippen MR) is 86.9 cm³/mol. The number of aromatic nitrogens is 1. The highest BCUT2D eigenvalue weighted by Gasteiger charge is 2.18. The number of hydrogen-bond acceptors (Lipinski definition) is 3. The topological polar surface area (TPSA) is 24.9 Å². The molecule has 1 fully saturated rings. The molecule has 0 atom stereocenters. The fraction of sp³-hybridized carbons (Fsp3) is 0.533. The lowest BCUT2D eigenvalue weighted by molar-refractivity contribution is 0.300. The maximum absolute atomic E-state index is 4.65. The third kappa shape index (κ3) is 3.29. The smallest absolute Gasteiger partial charge is 0.183 e. The Morgan fingerprint density at radius 1 is 1.32 bits per heavy atom. The summed E-state index contributed by atoms with van der Waals surface area (Å²) < 4.78 is 2.35. The summed E-state index contributed by atoms with van der Waals surface area (Å²) in [5.41, 5.74) is 1.08. The van der Waals surface area contributed by atoms with Gasteiger partial charge in [0.1, 0.15) is 0 Å². The molecule has 1 N–H and O–H groups in total. The van der Waals surface area contributed by atoms with Crippen molar-refractivity contribution >= 4 is 42.6 Å². The SMILES string of the molecule is CC1CCC(CNc2nc3cc(Br)ccc3s2)CC1. The largest absolute Gasteiger partial charge is 0.361 e. The first kappa shape index (κ1) is 13.4. The van der Waals surface area contributed by atoms with Crippen LogP contribution in [-0.4, -0.2) is 11.5 Å². The monoisotopic (exact) mass is 338 g/mol. The van der Waals surface area contributed by atoms with Crippen molar-refractivity contribution in [3.63, 3.8) is 0 Å². The van der Waals surface area contributed by atoms with E-state index in [0.717, 1.165) is 33.5 Å². The highest BCUT2D eigenvalue weighted by molar-refractivity contribution is 9.10. The molecule has 0 aliphatic heterocycles. The highest BCUT2D eigenvalue weighted by Crippen LogP contribution is 2.31. The van der Waals surface area contributed by atoms with Gasteiger partial charge < -0.3 is 5.32 Å². The van der Waals surface area contributed by atoms with E-state index < -0.39 is 0 Å². The van der Waals surface area contributed by atoms with Gasteiger partial charge in [-0.25, -0.2) is 4.98 Å². The number of fused-ring (bicyclic) bond motifs is 1. The van der Waals surface area contributed by atoms with Crippen LogP contribution in [0.25, 0.3) is 10.2 Å². The van der Waals surface area contributed by atoms with E-state index >= 15 is 0 Å². The zero-order valence-corrected chi connectivity index (χ0v) is 13.6. The van der Waals surface area contributed by atoms with E-state index in [1.807, 2.05) is 0 Å². The molecule has 102 valence electrons. The van der Waals surface area contributed by atoms with Gasteiger partial charge in [0.2, 0.25) is 0 Å². The van der Waals surface area contributed by atoms with E-state index in [9.17, 15) is 0 Å². The molecule has 1 saturated carbocycles. The molecule has 0 saturated heterocycles. The number of rotatable bonds is 3. The Morgan fingerprint density at radius 3 is 2.89 bits per heavy atom. The van der Waals surface area contributed by atoms with Crippen LogP contribution < -0.4 is 5.32 Å². The van der Waals surface area contributed by atoms with Crippen LogP contribution in [0.5, 0.6) is 0 Å². The van der Waals surface area contributed by atoms with Crippen LogP contribution in [0.1, 0.15) is 32.6 Å². The van der Waals surface area contributed by atoms with Crippen LogP contribution in [-0.2, 0) is 0 Å². The van der Waals surface area contributed by atoms with E-state index in [2.05, 4.69) is 51.4 Å². The van der Waals surface area contributed by atoms with Crippen molar-refractivity contribution in [3.8, 4) is 0 Å². The third-order valence-electron chi connectivity index (χ3n) is 4.03. The predicted octanol–water partition coefficient (Wildman–Crippen LogP) is 5.30. The summed E-state index contributed by atoms with van der Waals surface area (Å²) in [5, 5.41) is 4.59. The van der Waals surface area contributed by atoms with E-state index in [1.54, 1.807) is 11.3 Å². The summed E-state index contributed by atoms with van der Waals surface area (Å²) in [5.74, 6) is 1.76. The number of thiazole rings is 1. The Hall–Kier alpha value is -0.610. The minimum Gasteiger partial charge on any atom is -0.361 e. The number of benzene rings is 1. The molecule has 0 spiro atoms. The van der Waals surface area contributed by atoms with Gasteiger partial charge in [0.05, 0.1) is 10.2 Å². The Labute approximate surface area is 126 Å². The molecule has 1 aliphatic rings. The summed E-state index contributed by atoms with van der Waals surface area (Å²) in [6.07, 6.45) is 5.51. The zero-order chi connectivity index (χ0) is 13.2. The molecule has 1 aromatic heterocycles. The average Bonchev–Trinajstić information content (AvgIpc) is 2.80. The summed E-state index contributed by atoms with van der Waals surface area (Å²) in [6, 6.07) is 6.29. The first-order valence-electron chi connectivity index (χ1n) is 7.00. The lowest BCUT2D eigenvalue weighted by atomic mass is 9.83. The second-order valence-electron chi connectivity index (χ2n) is 5.64. The normalized spacial score (nSPS) is 23.7. The van der Waals surface area contributed by atoms with E-state index in [-0.39, 0.29) is 0 Å². The molecule has 3 rings (SSSR count). The summed E-state index contributed by atoms with van der Waals surface area (Å²) in [4.78, 5) is 4.65. The van der Waals surface area contributed by atoms with Gasteiger partial charge in [-0.2, -0.15) is 0 Å². The van der Waals surface area contributed by atoms with Gasteiger partial charge in [-0.05, 0) is 42.9 Å². The lowest BCUT2D eigenvalue weighted by Crippen LogP contribution is -2.20. The number of nitrogens with zero attached hydrogens (tertiary/aromatic N) is 1. The molecular weight excluding hydrogens is 320 g/mol. The molecular formula is C15H19BrN2S. The van der Waals surface area contributed by atoms with Crippen LogP contribution in [0, 0.1) is 11.8 Å². The van der Waals surface area contributed by atoms with Crippen molar-refractivity contribution in [1.82, 2.24) is 4.98 Å².